The molecule has 0 amide bonds. The molecule has 0 heterocycles. The maximum atomic E-state index is 3.65. The number of unbranched alkanes of at least 4 members (excludes halogenated alkanes) is 5. The molecule has 0 aromatic heterocycles. The molecule has 1 nitrogen and oxygen atoms in total. The Kier molecular flexibility index (Phi) is 9.21. The monoisotopic (exact) mass is 339 g/mol. The SMILES string of the molecule is CCCCCCCCC(NCC)c1cccc(Br)c1C. The van der Waals surface area contributed by atoms with Crippen molar-refractivity contribution in [1.82, 2.24) is 5.32 Å². The van der Waals surface area contributed by atoms with E-state index in [-0.39, 0.29) is 0 Å². The first-order chi connectivity index (χ1) is 9.70. The van der Waals surface area contributed by atoms with E-state index in [4.69, 9.17) is 0 Å². The third kappa shape index (κ3) is 5.97. The van der Waals surface area contributed by atoms with Crippen LogP contribution in [0.4, 0.5) is 0 Å². The highest BCUT2D eigenvalue weighted by Gasteiger charge is 2.13. The lowest BCUT2D eigenvalue weighted by molar-refractivity contribution is 0.475. The minimum Gasteiger partial charge on any atom is -0.310 e. The van der Waals surface area contributed by atoms with E-state index in [1.54, 1.807) is 0 Å². The fourth-order valence-corrected chi connectivity index (χ4v) is 3.13. The lowest BCUT2D eigenvalue weighted by Crippen LogP contribution is -2.21. The van der Waals surface area contributed by atoms with Gasteiger partial charge in [-0.25, -0.2) is 0 Å². The van der Waals surface area contributed by atoms with Gasteiger partial charge in [0.2, 0.25) is 0 Å². The van der Waals surface area contributed by atoms with E-state index >= 15 is 0 Å². The van der Waals surface area contributed by atoms with Gasteiger partial charge in [-0.15, -0.1) is 0 Å². The molecule has 2 heteroatoms. The van der Waals surface area contributed by atoms with Crippen molar-refractivity contribution in [3.8, 4) is 0 Å². The van der Waals surface area contributed by atoms with Crippen LogP contribution in [0.15, 0.2) is 22.7 Å². The first-order valence-corrected chi connectivity index (χ1v) is 8.98. The predicted molar refractivity (Wildman–Crippen MR) is 93.3 cm³/mol. The highest BCUT2D eigenvalue weighted by atomic mass is 79.9. The maximum Gasteiger partial charge on any atom is 0.0323 e. The summed E-state index contributed by atoms with van der Waals surface area (Å²) in [6, 6.07) is 7.05. The van der Waals surface area contributed by atoms with Crippen LogP contribution in [0.5, 0.6) is 0 Å². The molecule has 0 aliphatic rings. The third-order valence-corrected chi connectivity index (χ3v) is 4.84. The molecule has 114 valence electrons. The van der Waals surface area contributed by atoms with Crippen molar-refractivity contribution in [2.45, 2.75) is 71.8 Å². The standard InChI is InChI=1S/C18H30BrN/c1-4-6-7-8-9-10-14-18(20-5-2)16-12-11-13-17(19)15(16)3/h11-13,18,20H,4-10,14H2,1-3H3. The molecule has 1 unspecified atom stereocenters. The zero-order chi connectivity index (χ0) is 14.8. The van der Waals surface area contributed by atoms with Gasteiger partial charge in [-0.1, -0.05) is 80.4 Å². The van der Waals surface area contributed by atoms with E-state index in [0.717, 1.165) is 6.54 Å². The van der Waals surface area contributed by atoms with Crippen LogP contribution in [-0.4, -0.2) is 6.54 Å². The van der Waals surface area contributed by atoms with Gasteiger partial charge >= 0.3 is 0 Å². The normalized spacial score (nSPS) is 12.6. The Morgan fingerprint density at radius 3 is 2.45 bits per heavy atom. The first-order valence-electron chi connectivity index (χ1n) is 8.19. The highest BCUT2D eigenvalue weighted by molar-refractivity contribution is 9.10. The third-order valence-electron chi connectivity index (χ3n) is 3.98. The summed E-state index contributed by atoms with van der Waals surface area (Å²) >= 11 is 3.65. The minimum absolute atomic E-state index is 0.503. The average molecular weight is 340 g/mol. The summed E-state index contributed by atoms with van der Waals surface area (Å²) in [5.74, 6) is 0. The fraction of sp³-hybridized carbons (Fsp3) is 0.667. The van der Waals surface area contributed by atoms with Crippen molar-refractivity contribution in [3.63, 3.8) is 0 Å². The Bertz CT molecular complexity index is 376. The molecular weight excluding hydrogens is 310 g/mol. The van der Waals surface area contributed by atoms with Gasteiger partial charge in [-0.2, -0.15) is 0 Å². The van der Waals surface area contributed by atoms with Gasteiger partial charge in [0.15, 0.2) is 0 Å². The first kappa shape index (κ1) is 17.7. The summed E-state index contributed by atoms with van der Waals surface area (Å²) in [5.41, 5.74) is 2.83. The number of hydrogen-bond donors (Lipinski definition) is 1. The van der Waals surface area contributed by atoms with E-state index in [2.05, 4.69) is 60.2 Å². The molecule has 1 rings (SSSR count). The maximum absolute atomic E-state index is 3.65. The Morgan fingerprint density at radius 1 is 1.05 bits per heavy atom. The second-order valence-corrected chi connectivity index (χ2v) is 6.48. The highest BCUT2D eigenvalue weighted by Crippen LogP contribution is 2.28. The Balaban J connectivity index is 2.49. The van der Waals surface area contributed by atoms with Gasteiger partial charge in [0.25, 0.3) is 0 Å². The average Bonchev–Trinajstić information content (AvgIpc) is 2.45. The van der Waals surface area contributed by atoms with E-state index in [1.807, 2.05) is 0 Å². The number of benzene rings is 1. The van der Waals surface area contributed by atoms with E-state index in [0.29, 0.717) is 6.04 Å². The van der Waals surface area contributed by atoms with Gasteiger partial charge < -0.3 is 5.32 Å². The topological polar surface area (TPSA) is 12.0 Å². The van der Waals surface area contributed by atoms with Crippen LogP contribution >= 0.6 is 15.9 Å². The van der Waals surface area contributed by atoms with Crippen LogP contribution < -0.4 is 5.32 Å². The van der Waals surface area contributed by atoms with E-state index in [1.165, 1.54) is 60.5 Å². The number of hydrogen-bond acceptors (Lipinski definition) is 1. The molecule has 20 heavy (non-hydrogen) atoms. The molecule has 1 aromatic carbocycles. The van der Waals surface area contributed by atoms with Crippen molar-refractivity contribution in [2.24, 2.45) is 0 Å². The van der Waals surface area contributed by atoms with Gasteiger partial charge in [-0.05, 0) is 37.1 Å². The quantitative estimate of drug-likeness (QED) is 0.503. The zero-order valence-electron chi connectivity index (χ0n) is 13.3. The molecule has 0 aliphatic heterocycles. The fourth-order valence-electron chi connectivity index (χ4n) is 2.74. The lowest BCUT2D eigenvalue weighted by Gasteiger charge is -2.21. The molecule has 0 saturated heterocycles. The van der Waals surface area contributed by atoms with Crippen LogP contribution in [0.25, 0.3) is 0 Å². The van der Waals surface area contributed by atoms with Gasteiger partial charge in [0.1, 0.15) is 0 Å². The number of rotatable bonds is 10. The molecule has 1 aromatic rings. The summed E-state index contributed by atoms with van der Waals surface area (Å²) in [7, 11) is 0. The van der Waals surface area contributed by atoms with Crippen molar-refractivity contribution in [2.75, 3.05) is 6.54 Å². The molecule has 0 fully saturated rings. The van der Waals surface area contributed by atoms with Gasteiger partial charge in [0, 0.05) is 10.5 Å². The summed E-state index contributed by atoms with van der Waals surface area (Å²) in [6.07, 6.45) is 9.46. The van der Waals surface area contributed by atoms with Crippen LogP contribution in [0, 0.1) is 6.92 Å². The molecule has 1 N–H and O–H groups in total. The molecule has 0 spiro atoms. The zero-order valence-corrected chi connectivity index (χ0v) is 14.9. The van der Waals surface area contributed by atoms with Crippen molar-refractivity contribution >= 4 is 15.9 Å². The van der Waals surface area contributed by atoms with Crippen LogP contribution in [-0.2, 0) is 0 Å². The number of halogens is 1. The Labute approximate surface area is 133 Å². The molecule has 0 radical (unpaired) electrons. The van der Waals surface area contributed by atoms with E-state index < -0.39 is 0 Å². The second-order valence-electron chi connectivity index (χ2n) is 5.62. The van der Waals surface area contributed by atoms with Crippen molar-refractivity contribution < 1.29 is 0 Å². The van der Waals surface area contributed by atoms with Crippen molar-refractivity contribution in [3.05, 3.63) is 33.8 Å². The van der Waals surface area contributed by atoms with Crippen LogP contribution in [0.2, 0.25) is 0 Å². The van der Waals surface area contributed by atoms with Crippen LogP contribution in [0.3, 0.4) is 0 Å². The second kappa shape index (κ2) is 10.4. The van der Waals surface area contributed by atoms with Gasteiger partial charge in [0.05, 0.1) is 0 Å². The molecule has 0 bridgehead atoms. The Morgan fingerprint density at radius 2 is 1.75 bits per heavy atom. The minimum atomic E-state index is 0.503. The Hall–Kier alpha value is -0.340. The molecule has 0 aliphatic carbocycles. The number of nitrogens with one attached hydrogen (secondary N) is 1. The smallest absolute Gasteiger partial charge is 0.0323 e. The molecule has 1 atom stereocenters. The summed E-state index contributed by atoms with van der Waals surface area (Å²) in [6.45, 7) is 7.72. The van der Waals surface area contributed by atoms with Crippen LogP contribution in [0.1, 0.15) is 76.0 Å². The predicted octanol–water partition coefficient (Wildman–Crippen LogP) is 6.16. The summed E-state index contributed by atoms with van der Waals surface area (Å²) in [4.78, 5) is 0. The molecule has 0 saturated carbocycles. The van der Waals surface area contributed by atoms with Gasteiger partial charge in [-0.3, -0.25) is 0 Å². The lowest BCUT2D eigenvalue weighted by atomic mass is 9.96. The summed E-state index contributed by atoms with van der Waals surface area (Å²) < 4.78 is 1.22. The largest absolute Gasteiger partial charge is 0.310 e. The van der Waals surface area contributed by atoms with E-state index in [9.17, 15) is 0 Å². The molecular formula is C18H30BrN. The summed E-state index contributed by atoms with van der Waals surface area (Å²) in [5, 5.41) is 3.65. The van der Waals surface area contributed by atoms with Crippen molar-refractivity contribution in [1.29, 1.82) is 0 Å².